The van der Waals surface area contributed by atoms with Gasteiger partial charge in [0, 0.05) is 6.42 Å². The maximum absolute atomic E-state index is 12.3. The summed E-state index contributed by atoms with van der Waals surface area (Å²) in [6, 6.07) is -0.825. The number of hydrogen-bond donors (Lipinski definition) is 4. The molecule has 1 amide bonds. The number of rotatable bonds is 30. The van der Waals surface area contributed by atoms with Crippen LogP contribution in [0.1, 0.15) is 168 Å². The number of aliphatic hydroxyl groups excluding tert-OH is 3. The van der Waals surface area contributed by atoms with Gasteiger partial charge in [0.2, 0.25) is 5.91 Å². The number of aliphatic hydroxyl groups is 3. The first kappa shape index (κ1) is 38.8. The molecule has 0 spiro atoms. The minimum absolute atomic E-state index is 0.160. The van der Waals surface area contributed by atoms with Crippen LogP contribution in [0, 0.1) is 0 Å². The van der Waals surface area contributed by atoms with Crippen molar-refractivity contribution in [2.75, 3.05) is 6.61 Å². The van der Waals surface area contributed by atoms with Crippen LogP contribution in [0.4, 0.5) is 0 Å². The number of unbranched alkanes of at least 4 members (excludes halogenated alkanes) is 18. The van der Waals surface area contributed by atoms with Gasteiger partial charge < -0.3 is 20.6 Å². The van der Waals surface area contributed by atoms with Gasteiger partial charge in [-0.15, -0.1) is 0 Å². The predicted molar refractivity (Wildman–Crippen MR) is 171 cm³/mol. The van der Waals surface area contributed by atoms with E-state index in [0.717, 1.165) is 51.4 Å². The van der Waals surface area contributed by atoms with E-state index in [0.29, 0.717) is 12.8 Å². The SMILES string of the molecule is CCCC/C=C/CC/C=C/CCCC(O)C(O)C(CO)NC(=O)CCCCCCCCCCCCCCCCC. The Kier molecular flexibility index (Phi) is 29.9. The fraction of sp³-hybridized carbons (Fsp3) is 0.857. The first-order chi connectivity index (χ1) is 19.6. The first-order valence-corrected chi connectivity index (χ1v) is 17.1. The molecule has 0 heterocycles. The van der Waals surface area contributed by atoms with Gasteiger partial charge >= 0.3 is 0 Å². The second-order valence-corrected chi connectivity index (χ2v) is 11.7. The van der Waals surface area contributed by atoms with Crippen molar-refractivity contribution in [1.82, 2.24) is 5.32 Å². The van der Waals surface area contributed by atoms with Crippen molar-refractivity contribution in [2.24, 2.45) is 0 Å². The molecule has 0 bridgehead atoms. The summed E-state index contributed by atoms with van der Waals surface area (Å²) >= 11 is 0. The summed E-state index contributed by atoms with van der Waals surface area (Å²) in [6.07, 6.45) is 34.1. The van der Waals surface area contributed by atoms with Gasteiger partial charge in [0.15, 0.2) is 0 Å². The van der Waals surface area contributed by atoms with Crippen molar-refractivity contribution in [3.63, 3.8) is 0 Å². The second kappa shape index (κ2) is 30.8. The van der Waals surface area contributed by atoms with E-state index < -0.39 is 18.2 Å². The molecule has 0 saturated heterocycles. The predicted octanol–water partition coefficient (Wildman–Crippen LogP) is 8.70. The summed E-state index contributed by atoms with van der Waals surface area (Å²) in [5.74, 6) is -0.160. The van der Waals surface area contributed by atoms with Gasteiger partial charge in [0.25, 0.3) is 0 Å². The zero-order chi connectivity index (χ0) is 29.5. The molecule has 0 aromatic heterocycles. The maximum atomic E-state index is 12.3. The van der Waals surface area contributed by atoms with Crippen LogP contribution in [0.15, 0.2) is 24.3 Å². The molecule has 40 heavy (non-hydrogen) atoms. The normalized spacial score (nSPS) is 14.2. The summed E-state index contributed by atoms with van der Waals surface area (Å²) < 4.78 is 0. The largest absolute Gasteiger partial charge is 0.394 e. The maximum Gasteiger partial charge on any atom is 0.220 e. The molecule has 0 aliphatic rings. The smallest absolute Gasteiger partial charge is 0.220 e. The monoisotopic (exact) mass is 566 g/mol. The van der Waals surface area contributed by atoms with E-state index >= 15 is 0 Å². The molecule has 0 aliphatic heterocycles. The first-order valence-electron chi connectivity index (χ1n) is 17.1. The molecule has 0 aliphatic carbocycles. The molecule has 0 aromatic carbocycles. The number of amides is 1. The average molecular weight is 566 g/mol. The Labute approximate surface area is 248 Å². The number of hydrogen-bond acceptors (Lipinski definition) is 4. The highest BCUT2D eigenvalue weighted by Crippen LogP contribution is 2.14. The molecule has 0 radical (unpaired) electrons. The van der Waals surface area contributed by atoms with Gasteiger partial charge in [-0.25, -0.2) is 0 Å². The van der Waals surface area contributed by atoms with E-state index in [1.54, 1.807) is 0 Å². The van der Waals surface area contributed by atoms with Crippen LogP contribution < -0.4 is 5.32 Å². The van der Waals surface area contributed by atoms with Crippen molar-refractivity contribution < 1.29 is 20.1 Å². The molecule has 0 fully saturated rings. The Morgan fingerprint density at radius 2 is 1.02 bits per heavy atom. The van der Waals surface area contributed by atoms with E-state index in [1.165, 1.54) is 89.9 Å². The van der Waals surface area contributed by atoms with E-state index in [9.17, 15) is 20.1 Å². The quantitative estimate of drug-likeness (QED) is 0.0518. The molecule has 3 unspecified atom stereocenters. The van der Waals surface area contributed by atoms with Gasteiger partial charge in [0.05, 0.1) is 18.8 Å². The van der Waals surface area contributed by atoms with E-state index in [1.807, 2.05) is 0 Å². The highest BCUT2D eigenvalue weighted by Gasteiger charge is 2.26. The number of allylic oxidation sites excluding steroid dienone is 4. The number of nitrogens with one attached hydrogen (secondary N) is 1. The van der Waals surface area contributed by atoms with Gasteiger partial charge in [-0.3, -0.25) is 4.79 Å². The van der Waals surface area contributed by atoms with Crippen molar-refractivity contribution in [2.45, 2.75) is 186 Å². The van der Waals surface area contributed by atoms with Crippen LogP contribution in [0.25, 0.3) is 0 Å². The lowest BCUT2D eigenvalue weighted by atomic mass is 10.0. The lowest BCUT2D eigenvalue weighted by Crippen LogP contribution is -2.50. The highest BCUT2D eigenvalue weighted by molar-refractivity contribution is 5.76. The third-order valence-corrected chi connectivity index (χ3v) is 7.79. The fourth-order valence-electron chi connectivity index (χ4n) is 5.04. The van der Waals surface area contributed by atoms with E-state index in [4.69, 9.17) is 0 Å². The lowest BCUT2D eigenvalue weighted by Gasteiger charge is -2.26. The Hall–Kier alpha value is -1.17. The molecule has 4 N–H and O–H groups in total. The average Bonchev–Trinajstić information content (AvgIpc) is 2.96. The van der Waals surface area contributed by atoms with Gasteiger partial charge in [-0.1, -0.05) is 141 Å². The Balaban J connectivity index is 3.75. The van der Waals surface area contributed by atoms with Crippen LogP contribution >= 0.6 is 0 Å². The molecular weight excluding hydrogens is 498 g/mol. The highest BCUT2D eigenvalue weighted by atomic mass is 16.3. The van der Waals surface area contributed by atoms with Crippen LogP contribution in [0.3, 0.4) is 0 Å². The molecular formula is C35H67NO4. The summed E-state index contributed by atoms with van der Waals surface area (Å²) in [6.45, 7) is 4.09. The van der Waals surface area contributed by atoms with Crippen LogP contribution in [0.2, 0.25) is 0 Å². The van der Waals surface area contributed by atoms with E-state index in [-0.39, 0.29) is 12.5 Å². The molecule has 0 rings (SSSR count). The summed E-state index contributed by atoms with van der Waals surface area (Å²) in [5, 5.41) is 33.2. The third-order valence-electron chi connectivity index (χ3n) is 7.79. The fourth-order valence-corrected chi connectivity index (χ4v) is 5.04. The Morgan fingerprint density at radius 1 is 0.600 bits per heavy atom. The molecule has 5 nitrogen and oxygen atoms in total. The lowest BCUT2D eigenvalue weighted by molar-refractivity contribution is -0.124. The molecule has 236 valence electrons. The van der Waals surface area contributed by atoms with Crippen molar-refractivity contribution in [3.05, 3.63) is 24.3 Å². The summed E-state index contributed by atoms with van der Waals surface area (Å²) in [4.78, 5) is 12.3. The van der Waals surface area contributed by atoms with Crippen molar-refractivity contribution in [1.29, 1.82) is 0 Å². The summed E-state index contributed by atoms with van der Waals surface area (Å²) in [5.41, 5.74) is 0. The van der Waals surface area contributed by atoms with Crippen LogP contribution in [-0.2, 0) is 4.79 Å². The van der Waals surface area contributed by atoms with Gasteiger partial charge in [-0.05, 0) is 44.9 Å². The van der Waals surface area contributed by atoms with Gasteiger partial charge in [-0.2, -0.15) is 0 Å². The minimum atomic E-state index is -1.16. The van der Waals surface area contributed by atoms with Crippen LogP contribution in [0.5, 0.6) is 0 Å². The molecule has 3 atom stereocenters. The molecule has 0 aromatic rings. The number of carbonyl (C=O) groups excluding carboxylic acids is 1. The Bertz CT molecular complexity index is 592. The van der Waals surface area contributed by atoms with Crippen molar-refractivity contribution in [3.8, 4) is 0 Å². The topological polar surface area (TPSA) is 89.8 Å². The Morgan fingerprint density at radius 3 is 1.50 bits per heavy atom. The second-order valence-electron chi connectivity index (χ2n) is 11.7. The van der Waals surface area contributed by atoms with Crippen molar-refractivity contribution >= 4 is 5.91 Å². The standard InChI is InChI=1S/C35H67NO4/c1-3-5-7-9-11-13-15-16-17-18-20-22-24-26-28-30-34(39)36-32(31-37)35(40)33(38)29-27-25-23-21-19-14-12-10-8-6-4-2/h10,12,21,23,32-33,35,37-38,40H,3-9,11,13-20,22,24-31H2,1-2H3,(H,36,39)/b12-10+,23-21+. The summed E-state index contributed by atoms with van der Waals surface area (Å²) in [7, 11) is 0. The zero-order valence-corrected chi connectivity index (χ0v) is 26.5. The third kappa shape index (κ3) is 25.8. The van der Waals surface area contributed by atoms with Gasteiger partial charge in [0.1, 0.15) is 6.10 Å². The minimum Gasteiger partial charge on any atom is -0.394 e. The van der Waals surface area contributed by atoms with E-state index in [2.05, 4.69) is 43.5 Å². The van der Waals surface area contributed by atoms with Crippen LogP contribution in [-0.4, -0.2) is 46.1 Å². The number of carbonyl (C=O) groups is 1. The molecule has 5 heteroatoms. The zero-order valence-electron chi connectivity index (χ0n) is 26.5. The molecule has 0 saturated carbocycles.